The fourth-order valence-corrected chi connectivity index (χ4v) is 3.86. The molecule has 7 heteroatoms. The van der Waals surface area contributed by atoms with Crippen LogP contribution in [0.2, 0.25) is 0 Å². The van der Waals surface area contributed by atoms with Crippen LogP contribution in [-0.4, -0.2) is 37.4 Å². The van der Waals surface area contributed by atoms with Gasteiger partial charge in [0, 0.05) is 23.6 Å². The Morgan fingerprint density at radius 2 is 1.79 bits per heavy atom. The van der Waals surface area contributed by atoms with Crippen LogP contribution in [0.1, 0.15) is 53.3 Å². The summed E-state index contributed by atoms with van der Waals surface area (Å²) in [5.74, 6) is -0.0711. The maximum Gasteiger partial charge on any atom is 0.317 e. The zero-order valence-electron chi connectivity index (χ0n) is 16.5. The van der Waals surface area contributed by atoms with Gasteiger partial charge in [0.15, 0.2) is 0 Å². The van der Waals surface area contributed by atoms with E-state index < -0.39 is 0 Å². The number of carbonyl (C=O) groups excluding carboxylic acids is 1. The van der Waals surface area contributed by atoms with Crippen LogP contribution in [0.3, 0.4) is 0 Å². The van der Waals surface area contributed by atoms with E-state index >= 15 is 0 Å². The average Bonchev–Trinajstić information content (AvgIpc) is 2.98. The summed E-state index contributed by atoms with van der Waals surface area (Å²) in [4.78, 5) is 26.0. The molecule has 1 fully saturated rings. The number of aryl methyl sites for hydroxylation is 3. The average molecular weight is 379 g/mol. The number of carbonyl (C=O) groups is 1. The third-order valence-electron chi connectivity index (χ3n) is 5.16. The Morgan fingerprint density at radius 3 is 2.50 bits per heavy atom. The number of hydrogen-bond acceptors (Lipinski definition) is 5. The van der Waals surface area contributed by atoms with Crippen molar-refractivity contribution >= 4 is 11.6 Å². The molecule has 4 rings (SSSR count). The predicted molar refractivity (Wildman–Crippen MR) is 106 cm³/mol. The van der Waals surface area contributed by atoms with Crippen LogP contribution in [0.4, 0.5) is 0 Å². The molecule has 0 bridgehead atoms. The number of imidazole rings is 1. The summed E-state index contributed by atoms with van der Waals surface area (Å²) in [6.45, 7) is 5.75. The molecule has 146 valence electrons. The van der Waals surface area contributed by atoms with Crippen LogP contribution in [0.15, 0.2) is 30.5 Å². The minimum atomic E-state index is -0.0711. The van der Waals surface area contributed by atoms with Gasteiger partial charge in [-0.2, -0.15) is 0 Å². The lowest BCUT2D eigenvalue weighted by Crippen LogP contribution is -2.40. The number of rotatable bonds is 4. The van der Waals surface area contributed by atoms with E-state index in [-0.39, 0.29) is 18.1 Å². The Hall–Kier alpha value is -2.96. The number of aromatic nitrogens is 4. The highest BCUT2D eigenvalue weighted by Gasteiger charge is 2.26. The molecule has 0 aliphatic heterocycles. The van der Waals surface area contributed by atoms with E-state index in [2.05, 4.69) is 20.3 Å². The van der Waals surface area contributed by atoms with Gasteiger partial charge in [0.2, 0.25) is 0 Å². The highest BCUT2D eigenvalue weighted by atomic mass is 16.5. The van der Waals surface area contributed by atoms with E-state index in [0.29, 0.717) is 11.7 Å². The van der Waals surface area contributed by atoms with E-state index in [1.165, 1.54) is 0 Å². The SMILES string of the molecule is Cc1cc(C)nc(OC2CCC(NC(=O)c3c(C)nc4ccccn34)CC2)n1. The maximum atomic E-state index is 12.8. The molecule has 1 aliphatic rings. The first-order chi connectivity index (χ1) is 13.5. The van der Waals surface area contributed by atoms with Crippen molar-refractivity contribution < 1.29 is 9.53 Å². The summed E-state index contributed by atoms with van der Waals surface area (Å²) in [6, 6.07) is 8.25. The molecule has 0 radical (unpaired) electrons. The Morgan fingerprint density at radius 1 is 1.07 bits per heavy atom. The van der Waals surface area contributed by atoms with Gasteiger partial charge in [0.25, 0.3) is 5.91 Å². The molecule has 0 saturated heterocycles. The molecule has 28 heavy (non-hydrogen) atoms. The first-order valence-electron chi connectivity index (χ1n) is 9.73. The highest BCUT2D eigenvalue weighted by molar-refractivity contribution is 5.94. The fourth-order valence-electron chi connectivity index (χ4n) is 3.86. The third-order valence-corrected chi connectivity index (χ3v) is 5.16. The van der Waals surface area contributed by atoms with Crippen LogP contribution in [0.5, 0.6) is 6.01 Å². The monoisotopic (exact) mass is 379 g/mol. The van der Waals surface area contributed by atoms with Gasteiger partial charge < -0.3 is 10.1 Å². The molecular weight excluding hydrogens is 354 g/mol. The van der Waals surface area contributed by atoms with Crippen molar-refractivity contribution in [2.75, 3.05) is 0 Å². The lowest BCUT2D eigenvalue weighted by Gasteiger charge is -2.29. The highest BCUT2D eigenvalue weighted by Crippen LogP contribution is 2.23. The third kappa shape index (κ3) is 3.83. The summed E-state index contributed by atoms with van der Waals surface area (Å²) >= 11 is 0. The molecular formula is C21H25N5O2. The van der Waals surface area contributed by atoms with Crippen molar-refractivity contribution in [3.63, 3.8) is 0 Å². The van der Waals surface area contributed by atoms with E-state index in [1.54, 1.807) is 0 Å². The van der Waals surface area contributed by atoms with Crippen LogP contribution in [-0.2, 0) is 0 Å². The molecule has 1 aliphatic carbocycles. The first-order valence-corrected chi connectivity index (χ1v) is 9.73. The summed E-state index contributed by atoms with van der Waals surface area (Å²) in [7, 11) is 0. The van der Waals surface area contributed by atoms with Gasteiger partial charge in [0.1, 0.15) is 17.4 Å². The Labute approximate surface area is 164 Å². The molecule has 3 aromatic rings. The van der Waals surface area contributed by atoms with Crippen molar-refractivity contribution in [1.82, 2.24) is 24.7 Å². The predicted octanol–water partition coefficient (Wildman–Crippen LogP) is 3.17. The minimum Gasteiger partial charge on any atom is -0.460 e. The zero-order chi connectivity index (χ0) is 19.7. The number of fused-ring (bicyclic) bond motifs is 1. The second-order valence-electron chi connectivity index (χ2n) is 7.47. The smallest absolute Gasteiger partial charge is 0.317 e. The van der Waals surface area contributed by atoms with Crippen LogP contribution in [0, 0.1) is 20.8 Å². The van der Waals surface area contributed by atoms with Gasteiger partial charge in [-0.1, -0.05) is 6.07 Å². The molecule has 1 amide bonds. The number of hydrogen-bond donors (Lipinski definition) is 1. The molecule has 1 N–H and O–H groups in total. The number of nitrogens with one attached hydrogen (secondary N) is 1. The first kappa shape index (κ1) is 18.4. The number of nitrogens with zero attached hydrogens (tertiary/aromatic N) is 4. The van der Waals surface area contributed by atoms with E-state index in [9.17, 15) is 4.79 Å². The molecule has 0 spiro atoms. The standard InChI is InChI=1S/C21H25N5O2/c1-13-12-14(2)23-21(22-13)28-17-9-7-16(8-10-17)25-20(27)19-15(3)24-18-6-4-5-11-26(18)19/h4-6,11-12,16-17H,7-10H2,1-3H3,(H,25,27). The molecule has 0 atom stereocenters. The quantitative estimate of drug-likeness (QED) is 0.753. The van der Waals surface area contributed by atoms with Gasteiger partial charge in [-0.25, -0.2) is 15.0 Å². The van der Waals surface area contributed by atoms with Crippen molar-refractivity contribution in [2.24, 2.45) is 0 Å². The van der Waals surface area contributed by atoms with Crippen LogP contribution in [0.25, 0.3) is 5.65 Å². The molecule has 0 aromatic carbocycles. The van der Waals surface area contributed by atoms with Crippen LogP contribution >= 0.6 is 0 Å². The molecule has 3 heterocycles. The molecule has 3 aromatic heterocycles. The number of ether oxygens (including phenoxy) is 1. The Kier molecular flexibility index (Phi) is 4.98. The van der Waals surface area contributed by atoms with Crippen molar-refractivity contribution in [3.05, 3.63) is 53.2 Å². The number of amides is 1. The molecule has 7 nitrogen and oxygen atoms in total. The van der Waals surface area contributed by atoms with Crippen LogP contribution < -0.4 is 10.1 Å². The zero-order valence-corrected chi connectivity index (χ0v) is 16.5. The molecule has 0 unspecified atom stereocenters. The number of pyridine rings is 1. The second kappa shape index (κ2) is 7.58. The Balaban J connectivity index is 1.36. The van der Waals surface area contributed by atoms with Gasteiger partial charge in [-0.05, 0) is 64.7 Å². The summed E-state index contributed by atoms with van der Waals surface area (Å²) in [5, 5.41) is 3.17. The minimum absolute atomic E-state index is 0.0711. The summed E-state index contributed by atoms with van der Waals surface area (Å²) in [5.41, 5.74) is 3.96. The van der Waals surface area contributed by atoms with Crippen molar-refractivity contribution in [3.8, 4) is 6.01 Å². The maximum absolute atomic E-state index is 12.8. The Bertz CT molecular complexity index is 985. The van der Waals surface area contributed by atoms with E-state index in [0.717, 1.165) is 48.4 Å². The second-order valence-corrected chi connectivity index (χ2v) is 7.47. The van der Waals surface area contributed by atoms with E-state index in [1.807, 2.05) is 55.6 Å². The lowest BCUT2D eigenvalue weighted by molar-refractivity contribution is 0.0878. The van der Waals surface area contributed by atoms with Gasteiger partial charge in [-0.3, -0.25) is 9.20 Å². The molecule has 1 saturated carbocycles. The van der Waals surface area contributed by atoms with Crippen molar-refractivity contribution in [2.45, 2.75) is 58.6 Å². The topological polar surface area (TPSA) is 81.4 Å². The summed E-state index contributed by atoms with van der Waals surface area (Å²) < 4.78 is 7.81. The van der Waals surface area contributed by atoms with E-state index in [4.69, 9.17) is 4.74 Å². The summed E-state index contributed by atoms with van der Waals surface area (Å²) in [6.07, 6.45) is 5.44. The van der Waals surface area contributed by atoms with Gasteiger partial charge in [0.05, 0.1) is 5.69 Å². The van der Waals surface area contributed by atoms with Crippen molar-refractivity contribution in [1.29, 1.82) is 0 Å². The largest absolute Gasteiger partial charge is 0.460 e. The lowest BCUT2D eigenvalue weighted by atomic mass is 9.93. The fraction of sp³-hybridized carbons (Fsp3) is 0.429. The normalized spacial score (nSPS) is 19.5. The van der Waals surface area contributed by atoms with Gasteiger partial charge in [-0.15, -0.1) is 0 Å². The van der Waals surface area contributed by atoms with Gasteiger partial charge >= 0.3 is 6.01 Å².